The van der Waals surface area contributed by atoms with E-state index in [9.17, 15) is 0 Å². The fourth-order valence-electron chi connectivity index (χ4n) is 2.25. The summed E-state index contributed by atoms with van der Waals surface area (Å²) in [5, 5.41) is 7.41. The number of nitrogens with one attached hydrogen (secondary N) is 1. The topological polar surface area (TPSA) is 63.8 Å². The number of rotatable bonds is 3. The zero-order valence-electron chi connectivity index (χ0n) is 10.2. The van der Waals surface area contributed by atoms with Crippen LogP contribution >= 0.6 is 0 Å². The van der Waals surface area contributed by atoms with Crippen molar-refractivity contribution in [1.82, 2.24) is 20.4 Å². The molecule has 1 saturated heterocycles. The highest BCUT2D eigenvalue weighted by Crippen LogP contribution is 2.21. The van der Waals surface area contributed by atoms with Crippen LogP contribution in [0, 0.1) is 0 Å². The van der Waals surface area contributed by atoms with Gasteiger partial charge >= 0.3 is 0 Å². The van der Waals surface area contributed by atoms with Gasteiger partial charge in [-0.15, -0.1) is 0 Å². The molecule has 0 aliphatic carbocycles. The summed E-state index contributed by atoms with van der Waals surface area (Å²) in [4.78, 5) is 8.48. The third kappa shape index (κ3) is 2.56. The fraction of sp³-hybridized carbons (Fsp3) is 0.462. The number of nitrogens with zero attached hydrogens (tertiary/aromatic N) is 3. The Labute approximate surface area is 106 Å². The van der Waals surface area contributed by atoms with Crippen LogP contribution in [0.3, 0.4) is 0 Å². The van der Waals surface area contributed by atoms with E-state index in [2.05, 4.69) is 20.4 Å². The second-order valence-corrected chi connectivity index (χ2v) is 4.62. The van der Waals surface area contributed by atoms with Gasteiger partial charge in [0.1, 0.15) is 0 Å². The molecule has 0 saturated carbocycles. The van der Waals surface area contributed by atoms with Crippen molar-refractivity contribution in [3.8, 4) is 0 Å². The van der Waals surface area contributed by atoms with Crippen LogP contribution in [0.4, 0.5) is 0 Å². The van der Waals surface area contributed by atoms with Crippen LogP contribution in [0.2, 0.25) is 0 Å². The van der Waals surface area contributed by atoms with Crippen molar-refractivity contribution in [2.75, 3.05) is 13.1 Å². The summed E-state index contributed by atoms with van der Waals surface area (Å²) in [7, 11) is 0. The van der Waals surface area contributed by atoms with Gasteiger partial charge in [0.05, 0.1) is 5.92 Å². The second-order valence-electron chi connectivity index (χ2n) is 4.62. The van der Waals surface area contributed by atoms with Gasteiger partial charge in [0.2, 0.25) is 5.89 Å². The molecule has 18 heavy (non-hydrogen) atoms. The van der Waals surface area contributed by atoms with E-state index in [-0.39, 0.29) is 0 Å². The SMILES string of the molecule is c1cc(Cc2noc(C3CCCNC3)n2)ccn1. The molecule has 0 amide bonds. The Morgan fingerprint density at radius 3 is 3.00 bits per heavy atom. The van der Waals surface area contributed by atoms with Gasteiger partial charge in [0.25, 0.3) is 0 Å². The van der Waals surface area contributed by atoms with E-state index < -0.39 is 0 Å². The van der Waals surface area contributed by atoms with Crippen LogP contribution in [-0.2, 0) is 6.42 Å². The highest BCUT2D eigenvalue weighted by atomic mass is 16.5. The van der Waals surface area contributed by atoms with Gasteiger partial charge in [-0.1, -0.05) is 5.16 Å². The van der Waals surface area contributed by atoms with Crippen LogP contribution in [0.1, 0.15) is 36.0 Å². The number of hydrogen-bond donors (Lipinski definition) is 1. The summed E-state index contributed by atoms with van der Waals surface area (Å²) < 4.78 is 5.36. The highest BCUT2D eigenvalue weighted by Gasteiger charge is 2.21. The minimum absolute atomic E-state index is 0.373. The average molecular weight is 244 g/mol. The van der Waals surface area contributed by atoms with E-state index >= 15 is 0 Å². The van der Waals surface area contributed by atoms with E-state index in [4.69, 9.17) is 4.52 Å². The molecule has 5 nitrogen and oxygen atoms in total. The van der Waals surface area contributed by atoms with Gasteiger partial charge in [-0.25, -0.2) is 0 Å². The summed E-state index contributed by atoms with van der Waals surface area (Å²) in [6.07, 6.45) is 6.56. The zero-order chi connectivity index (χ0) is 12.2. The molecule has 1 fully saturated rings. The third-order valence-electron chi connectivity index (χ3n) is 3.24. The largest absolute Gasteiger partial charge is 0.339 e. The second kappa shape index (κ2) is 5.27. The Hall–Kier alpha value is -1.75. The molecule has 0 spiro atoms. The highest BCUT2D eigenvalue weighted by molar-refractivity contribution is 5.15. The van der Waals surface area contributed by atoms with Crippen molar-refractivity contribution in [2.24, 2.45) is 0 Å². The summed E-state index contributed by atoms with van der Waals surface area (Å²) in [5.41, 5.74) is 1.15. The van der Waals surface area contributed by atoms with E-state index in [1.807, 2.05) is 12.1 Å². The molecular formula is C13H16N4O. The minimum atomic E-state index is 0.373. The lowest BCUT2D eigenvalue weighted by Gasteiger charge is -2.18. The molecule has 1 atom stereocenters. The molecule has 1 aliphatic rings. The summed E-state index contributed by atoms with van der Waals surface area (Å²) >= 11 is 0. The van der Waals surface area contributed by atoms with E-state index in [1.165, 1.54) is 6.42 Å². The third-order valence-corrected chi connectivity index (χ3v) is 3.24. The Morgan fingerprint density at radius 1 is 1.33 bits per heavy atom. The standard InChI is InChI=1S/C13H16N4O/c1-2-11(9-15-5-1)13-16-12(17-18-13)8-10-3-6-14-7-4-10/h3-4,6-7,11,15H,1-2,5,8-9H2. The molecule has 0 radical (unpaired) electrons. The van der Waals surface area contributed by atoms with Crippen LogP contribution in [0.25, 0.3) is 0 Å². The maximum absolute atomic E-state index is 5.36. The predicted octanol–water partition coefficient (Wildman–Crippen LogP) is 1.52. The quantitative estimate of drug-likeness (QED) is 0.887. The smallest absolute Gasteiger partial charge is 0.231 e. The molecule has 2 aromatic heterocycles. The maximum Gasteiger partial charge on any atom is 0.231 e. The summed E-state index contributed by atoms with van der Waals surface area (Å²) in [5.74, 6) is 1.89. The summed E-state index contributed by atoms with van der Waals surface area (Å²) in [6, 6.07) is 3.94. The van der Waals surface area contributed by atoms with Crippen molar-refractivity contribution >= 4 is 0 Å². The van der Waals surface area contributed by atoms with Crippen molar-refractivity contribution in [3.05, 3.63) is 41.8 Å². The molecule has 2 aromatic rings. The van der Waals surface area contributed by atoms with Crippen LogP contribution < -0.4 is 5.32 Å². The van der Waals surface area contributed by atoms with Crippen molar-refractivity contribution in [1.29, 1.82) is 0 Å². The number of pyridine rings is 1. The molecular weight excluding hydrogens is 228 g/mol. The van der Waals surface area contributed by atoms with Crippen molar-refractivity contribution in [2.45, 2.75) is 25.2 Å². The van der Waals surface area contributed by atoms with E-state index in [0.29, 0.717) is 12.3 Å². The van der Waals surface area contributed by atoms with Gasteiger partial charge < -0.3 is 9.84 Å². The molecule has 1 N–H and O–H groups in total. The molecule has 0 aromatic carbocycles. The first-order valence-corrected chi connectivity index (χ1v) is 6.34. The number of piperidine rings is 1. The van der Waals surface area contributed by atoms with Gasteiger partial charge in [-0.2, -0.15) is 4.98 Å². The molecule has 0 bridgehead atoms. The monoisotopic (exact) mass is 244 g/mol. The zero-order valence-corrected chi connectivity index (χ0v) is 10.2. The van der Waals surface area contributed by atoms with Gasteiger partial charge in [-0.05, 0) is 37.1 Å². The Kier molecular flexibility index (Phi) is 3.32. The van der Waals surface area contributed by atoms with Crippen LogP contribution in [-0.4, -0.2) is 28.2 Å². The van der Waals surface area contributed by atoms with Crippen molar-refractivity contribution in [3.63, 3.8) is 0 Å². The number of hydrogen-bond acceptors (Lipinski definition) is 5. The van der Waals surface area contributed by atoms with Gasteiger partial charge in [-0.3, -0.25) is 4.98 Å². The number of aromatic nitrogens is 3. The molecule has 5 heteroatoms. The Balaban J connectivity index is 1.69. The molecule has 1 unspecified atom stereocenters. The lowest BCUT2D eigenvalue weighted by molar-refractivity contribution is 0.320. The summed E-state index contributed by atoms with van der Waals surface area (Å²) in [6.45, 7) is 2.03. The van der Waals surface area contributed by atoms with E-state index in [1.54, 1.807) is 12.4 Å². The van der Waals surface area contributed by atoms with E-state index in [0.717, 1.165) is 36.8 Å². The maximum atomic E-state index is 5.36. The first-order chi connectivity index (χ1) is 8.92. The normalized spacial score (nSPS) is 19.9. The fourth-order valence-corrected chi connectivity index (χ4v) is 2.25. The molecule has 1 aliphatic heterocycles. The van der Waals surface area contributed by atoms with Crippen molar-refractivity contribution < 1.29 is 4.52 Å². The van der Waals surface area contributed by atoms with Gasteiger partial charge in [0, 0.05) is 25.4 Å². The van der Waals surface area contributed by atoms with Crippen LogP contribution in [0.15, 0.2) is 29.0 Å². The minimum Gasteiger partial charge on any atom is -0.339 e. The predicted molar refractivity (Wildman–Crippen MR) is 66.2 cm³/mol. The molecule has 94 valence electrons. The average Bonchev–Trinajstić information content (AvgIpc) is 2.89. The molecule has 3 rings (SSSR count). The van der Waals surface area contributed by atoms with Crippen LogP contribution in [0.5, 0.6) is 0 Å². The lowest BCUT2D eigenvalue weighted by atomic mass is 10.00. The molecule has 3 heterocycles. The van der Waals surface area contributed by atoms with Gasteiger partial charge in [0.15, 0.2) is 5.82 Å². The first kappa shape index (κ1) is 11.3. The first-order valence-electron chi connectivity index (χ1n) is 6.34. The Bertz CT molecular complexity index is 491. The Morgan fingerprint density at radius 2 is 2.22 bits per heavy atom. The lowest BCUT2D eigenvalue weighted by Crippen LogP contribution is -2.28.